The number of hydrogen-bond donors (Lipinski definition) is 2. The smallest absolute Gasteiger partial charge is 0.272 e. The van der Waals surface area contributed by atoms with E-state index in [1.165, 1.54) is 0 Å². The highest BCUT2D eigenvalue weighted by Gasteiger charge is 2.11. The highest BCUT2D eigenvalue weighted by Crippen LogP contribution is 2.14. The van der Waals surface area contributed by atoms with Gasteiger partial charge in [0.15, 0.2) is 0 Å². The van der Waals surface area contributed by atoms with Gasteiger partial charge in [-0.3, -0.25) is 4.79 Å². The molecule has 0 aliphatic heterocycles. The van der Waals surface area contributed by atoms with Crippen LogP contribution < -0.4 is 11.1 Å². The van der Waals surface area contributed by atoms with E-state index in [4.69, 9.17) is 11.0 Å². The Morgan fingerprint density at radius 1 is 1.44 bits per heavy atom. The summed E-state index contributed by atoms with van der Waals surface area (Å²) >= 11 is 0. The second kappa shape index (κ2) is 4.63. The summed E-state index contributed by atoms with van der Waals surface area (Å²) in [5.41, 5.74) is 7.70. The lowest BCUT2D eigenvalue weighted by Gasteiger charge is -2.05. The van der Waals surface area contributed by atoms with Gasteiger partial charge in [0.05, 0.1) is 17.3 Å². The minimum atomic E-state index is -0.260. The summed E-state index contributed by atoms with van der Waals surface area (Å²) in [6.07, 6.45) is 1.67. The first-order valence-corrected chi connectivity index (χ1v) is 5.33. The van der Waals surface area contributed by atoms with Crippen LogP contribution in [0.5, 0.6) is 0 Å². The fourth-order valence-corrected chi connectivity index (χ4v) is 1.68. The fourth-order valence-electron chi connectivity index (χ4n) is 1.68. The standard InChI is InChI=1S/C13H12N4O/c1-17-8-10(15)6-12(17)13(18)16-11-4-2-3-9(5-11)7-14/h2-6,8H,15H2,1H3,(H,16,18). The Bertz CT molecular complexity index is 637. The molecular formula is C13H12N4O. The summed E-state index contributed by atoms with van der Waals surface area (Å²) < 4.78 is 1.65. The number of aromatic nitrogens is 1. The van der Waals surface area contributed by atoms with Crippen molar-refractivity contribution < 1.29 is 4.79 Å². The molecule has 5 nitrogen and oxygen atoms in total. The molecule has 0 saturated heterocycles. The first-order valence-electron chi connectivity index (χ1n) is 5.33. The van der Waals surface area contributed by atoms with Crippen LogP contribution in [0.15, 0.2) is 36.5 Å². The third-order valence-electron chi connectivity index (χ3n) is 2.51. The van der Waals surface area contributed by atoms with Gasteiger partial charge < -0.3 is 15.6 Å². The number of nitriles is 1. The number of benzene rings is 1. The van der Waals surface area contributed by atoms with Gasteiger partial charge in [-0.05, 0) is 24.3 Å². The number of anilines is 2. The Morgan fingerprint density at radius 3 is 2.83 bits per heavy atom. The van der Waals surface area contributed by atoms with Crippen molar-refractivity contribution in [1.82, 2.24) is 4.57 Å². The Balaban J connectivity index is 2.21. The molecule has 0 aliphatic rings. The average Bonchev–Trinajstić information content (AvgIpc) is 2.69. The Labute approximate surface area is 104 Å². The van der Waals surface area contributed by atoms with Crippen LogP contribution in [0, 0.1) is 11.3 Å². The van der Waals surface area contributed by atoms with Crippen LogP contribution in [0.3, 0.4) is 0 Å². The second-order valence-electron chi connectivity index (χ2n) is 3.92. The normalized spacial score (nSPS) is 9.78. The number of nitrogens with zero attached hydrogens (tertiary/aromatic N) is 2. The number of rotatable bonds is 2. The molecule has 0 atom stereocenters. The maximum atomic E-state index is 12.0. The predicted octanol–water partition coefficient (Wildman–Crippen LogP) is 1.73. The maximum Gasteiger partial charge on any atom is 0.272 e. The van der Waals surface area contributed by atoms with Gasteiger partial charge in [-0.25, -0.2) is 0 Å². The molecule has 1 aromatic heterocycles. The molecule has 1 aromatic carbocycles. The first-order chi connectivity index (χ1) is 8.60. The van der Waals surface area contributed by atoms with E-state index >= 15 is 0 Å². The van der Waals surface area contributed by atoms with Crippen molar-refractivity contribution in [2.75, 3.05) is 11.1 Å². The van der Waals surface area contributed by atoms with E-state index < -0.39 is 0 Å². The summed E-state index contributed by atoms with van der Waals surface area (Å²) in [6, 6.07) is 10.4. The molecule has 3 N–H and O–H groups in total. The van der Waals surface area contributed by atoms with Gasteiger partial charge in [-0.1, -0.05) is 6.07 Å². The summed E-state index contributed by atoms with van der Waals surface area (Å²) in [6.45, 7) is 0. The molecule has 0 spiro atoms. The van der Waals surface area contributed by atoms with Crippen LogP contribution in [-0.4, -0.2) is 10.5 Å². The van der Waals surface area contributed by atoms with Crippen molar-refractivity contribution in [2.45, 2.75) is 0 Å². The van der Waals surface area contributed by atoms with Crippen molar-refractivity contribution in [1.29, 1.82) is 5.26 Å². The molecule has 18 heavy (non-hydrogen) atoms. The SMILES string of the molecule is Cn1cc(N)cc1C(=O)Nc1cccc(C#N)c1. The highest BCUT2D eigenvalue weighted by atomic mass is 16.1. The first kappa shape index (κ1) is 11.7. The summed E-state index contributed by atoms with van der Waals surface area (Å²) in [7, 11) is 1.75. The van der Waals surface area contributed by atoms with E-state index in [0.29, 0.717) is 22.6 Å². The highest BCUT2D eigenvalue weighted by molar-refractivity contribution is 6.03. The number of amides is 1. The number of aryl methyl sites for hydroxylation is 1. The molecule has 2 rings (SSSR count). The minimum absolute atomic E-state index is 0.260. The topological polar surface area (TPSA) is 83.8 Å². The van der Waals surface area contributed by atoms with Gasteiger partial charge in [-0.2, -0.15) is 5.26 Å². The van der Waals surface area contributed by atoms with Crippen molar-refractivity contribution in [3.05, 3.63) is 47.8 Å². The Kier molecular flexibility index (Phi) is 3.02. The number of carbonyl (C=O) groups excluding carboxylic acids is 1. The molecule has 0 bridgehead atoms. The maximum absolute atomic E-state index is 12.0. The third-order valence-corrected chi connectivity index (χ3v) is 2.51. The molecule has 90 valence electrons. The van der Waals surface area contributed by atoms with Gasteiger partial charge in [0, 0.05) is 18.9 Å². The summed E-state index contributed by atoms with van der Waals surface area (Å²) in [5, 5.41) is 11.5. The van der Waals surface area contributed by atoms with Crippen molar-refractivity contribution in [2.24, 2.45) is 7.05 Å². The van der Waals surface area contributed by atoms with Crippen LogP contribution in [0.1, 0.15) is 16.1 Å². The van der Waals surface area contributed by atoms with E-state index in [2.05, 4.69) is 5.32 Å². The number of nitrogen functional groups attached to an aromatic ring is 1. The Hall–Kier alpha value is -2.74. The fraction of sp³-hybridized carbons (Fsp3) is 0.0769. The van der Waals surface area contributed by atoms with Gasteiger partial charge >= 0.3 is 0 Å². The molecule has 0 unspecified atom stereocenters. The van der Waals surface area contributed by atoms with Crippen molar-refractivity contribution >= 4 is 17.3 Å². The molecule has 1 amide bonds. The minimum Gasteiger partial charge on any atom is -0.397 e. The quantitative estimate of drug-likeness (QED) is 0.838. The third kappa shape index (κ3) is 2.33. The number of carbonyl (C=O) groups is 1. The zero-order chi connectivity index (χ0) is 13.1. The predicted molar refractivity (Wildman–Crippen MR) is 68.9 cm³/mol. The van der Waals surface area contributed by atoms with E-state index in [-0.39, 0.29) is 5.91 Å². The monoisotopic (exact) mass is 240 g/mol. The molecule has 0 aliphatic carbocycles. The molecule has 2 aromatic rings. The second-order valence-corrected chi connectivity index (χ2v) is 3.92. The zero-order valence-electron chi connectivity index (χ0n) is 9.84. The summed E-state index contributed by atoms with van der Waals surface area (Å²) in [4.78, 5) is 12.0. The van der Waals surface area contributed by atoms with E-state index in [0.717, 1.165) is 0 Å². The Morgan fingerprint density at radius 2 is 2.22 bits per heavy atom. The molecular weight excluding hydrogens is 228 g/mol. The molecule has 0 saturated carbocycles. The van der Waals surface area contributed by atoms with Crippen molar-refractivity contribution in [3.8, 4) is 6.07 Å². The van der Waals surface area contributed by atoms with Crippen LogP contribution in [-0.2, 0) is 7.05 Å². The molecule has 0 fully saturated rings. The largest absolute Gasteiger partial charge is 0.397 e. The lowest BCUT2D eigenvalue weighted by atomic mass is 10.2. The molecule has 1 heterocycles. The van der Waals surface area contributed by atoms with Gasteiger partial charge in [0.1, 0.15) is 5.69 Å². The number of hydrogen-bond acceptors (Lipinski definition) is 3. The molecule has 5 heteroatoms. The van der Waals surface area contributed by atoms with Gasteiger partial charge in [0.25, 0.3) is 5.91 Å². The molecule has 0 radical (unpaired) electrons. The van der Waals surface area contributed by atoms with Gasteiger partial charge in [-0.15, -0.1) is 0 Å². The van der Waals surface area contributed by atoms with Crippen LogP contribution in [0.4, 0.5) is 11.4 Å². The van der Waals surface area contributed by atoms with Gasteiger partial charge in [0.2, 0.25) is 0 Å². The summed E-state index contributed by atoms with van der Waals surface area (Å²) in [5.74, 6) is -0.260. The average molecular weight is 240 g/mol. The van der Waals surface area contributed by atoms with Crippen LogP contribution >= 0.6 is 0 Å². The van der Waals surface area contributed by atoms with Crippen LogP contribution in [0.25, 0.3) is 0 Å². The van der Waals surface area contributed by atoms with Crippen molar-refractivity contribution in [3.63, 3.8) is 0 Å². The lowest BCUT2D eigenvalue weighted by molar-refractivity contribution is 0.101. The van der Waals surface area contributed by atoms with E-state index in [9.17, 15) is 4.79 Å². The lowest BCUT2D eigenvalue weighted by Crippen LogP contribution is -2.15. The van der Waals surface area contributed by atoms with E-state index in [1.807, 2.05) is 6.07 Å². The number of nitrogens with two attached hydrogens (primary N) is 1. The van der Waals surface area contributed by atoms with E-state index in [1.54, 1.807) is 48.1 Å². The number of nitrogens with one attached hydrogen (secondary N) is 1. The van der Waals surface area contributed by atoms with Crippen LogP contribution in [0.2, 0.25) is 0 Å². The zero-order valence-corrected chi connectivity index (χ0v) is 9.84.